The lowest BCUT2D eigenvalue weighted by Gasteiger charge is -2.34. The van der Waals surface area contributed by atoms with Gasteiger partial charge in [-0.25, -0.2) is 0 Å². The molecule has 0 aromatic rings. The predicted octanol–water partition coefficient (Wildman–Crippen LogP) is 3.78. The first-order chi connectivity index (χ1) is 11.3. The molecule has 0 spiro atoms. The molecule has 4 nitrogen and oxygen atoms in total. The van der Waals surface area contributed by atoms with Crippen LogP contribution in [0.5, 0.6) is 0 Å². The van der Waals surface area contributed by atoms with Gasteiger partial charge in [0, 0.05) is 17.4 Å². The third-order valence-corrected chi connectivity index (χ3v) is 5.86. The van der Waals surface area contributed by atoms with Crippen LogP contribution in [0.3, 0.4) is 0 Å². The van der Waals surface area contributed by atoms with Crippen molar-refractivity contribution in [1.82, 2.24) is 5.32 Å². The summed E-state index contributed by atoms with van der Waals surface area (Å²) in [5.41, 5.74) is 5.46. The minimum atomic E-state index is -0.312. The first-order valence-corrected chi connectivity index (χ1v) is 9.87. The van der Waals surface area contributed by atoms with Gasteiger partial charge in [0.2, 0.25) is 11.8 Å². The van der Waals surface area contributed by atoms with Crippen molar-refractivity contribution >= 4 is 11.8 Å². The van der Waals surface area contributed by atoms with Gasteiger partial charge in [-0.2, -0.15) is 0 Å². The van der Waals surface area contributed by atoms with E-state index in [1.54, 1.807) is 0 Å². The van der Waals surface area contributed by atoms with Crippen molar-refractivity contribution in [3.05, 3.63) is 0 Å². The minimum absolute atomic E-state index is 0.0182. The number of hydrogen-bond acceptors (Lipinski definition) is 2. The van der Waals surface area contributed by atoms with Gasteiger partial charge in [-0.15, -0.1) is 0 Å². The average molecular weight is 337 g/mol. The zero-order valence-corrected chi connectivity index (χ0v) is 15.8. The fourth-order valence-corrected chi connectivity index (χ4v) is 4.26. The van der Waals surface area contributed by atoms with E-state index in [0.29, 0.717) is 5.92 Å². The van der Waals surface area contributed by atoms with E-state index in [2.05, 4.69) is 5.32 Å². The molecule has 2 saturated carbocycles. The van der Waals surface area contributed by atoms with Crippen LogP contribution in [0.15, 0.2) is 0 Å². The molecule has 2 rings (SSSR count). The highest BCUT2D eigenvalue weighted by molar-refractivity contribution is 5.87. The maximum absolute atomic E-state index is 12.9. The van der Waals surface area contributed by atoms with Gasteiger partial charge < -0.3 is 11.1 Å². The first-order valence-electron chi connectivity index (χ1n) is 9.87. The summed E-state index contributed by atoms with van der Waals surface area (Å²) in [4.78, 5) is 25.0. The molecule has 2 aliphatic rings. The number of hydrogen-bond donors (Lipinski definition) is 2. The van der Waals surface area contributed by atoms with Crippen molar-refractivity contribution in [2.45, 2.75) is 90.5 Å². The second-order valence-corrected chi connectivity index (χ2v) is 9.12. The average Bonchev–Trinajstić information content (AvgIpc) is 2.90. The standard InChI is InChI=1S/C20H36N2O2/c1-20(2,3)22-19(24)17(13-15-9-6-10-15)16(18(21)23)12-11-14-7-4-5-8-14/h14-17H,4-13H2,1-3H3,(H2,21,23)(H,22,24). The van der Waals surface area contributed by atoms with Gasteiger partial charge in [-0.05, 0) is 51.9 Å². The van der Waals surface area contributed by atoms with Crippen LogP contribution in [0, 0.1) is 23.7 Å². The Morgan fingerprint density at radius 1 is 1.00 bits per heavy atom. The van der Waals surface area contributed by atoms with Gasteiger partial charge in [0.15, 0.2) is 0 Å². The van der Waals surface area contributed by atoms with E-state index in [9.17, 15) is 9.59 Å². The predicted molar refractivity (Wildman–Crippen MR) is 97.2 cm³/mol. The molecule has 0 bridgehead atoms. The van der Waals surface area contributed by atoms with Crippen LogP contribution in [0.1, 0.15) is 85.0 Å². The Kier molecular flexibility index (Phi) is 6.70. The van der Waals surface area contributed by atoms with Gasteiger partial charge in [-0.1, -0.05) is 44.9 Å². The topological polar surface area (TPSA) is 72.2 Å². The third kappa shape index (κ3) is 5.78. The molecule has 0 aliphatic heterocycles. The highest BCUT2D eigenvalue weighted by Crippen LogP contribution is 2.37. The molecule has 4 heteroatoms. The quantitative estimate of drug-likeness (QED) is 0.708. The second kappa shape index (κ2) is 8.35. The van der Waals surface area contributed by atoms with Crippen molar-refractivity contribution in [3.63, 3.8) is 0 Å². The molecule has 2 amide bonds. The van der Waals surface area contributed by atoms with Gasteiger partial charge in [0.1, 0.15) is 0 Å². The lowest BCUT2D eigenvalue weighted by atomic mass is 9.73. The van der Waals surface area contributed by atoms with Crippen LogP contribution in [-0.4, -0.2) is 17.4 Å². The minimum Gasteiger partial charge on any atom is -0.369 e. The summed E-state index contributed by atoms with van der Waals surface area (Å²) < 4.78 is 0. The second-order valence-electron chi connectivity index (χ2n) is 9.12. The lowest BCUT2D eigenvalue weighted by molar-refractivity contribution is -0.135. The van der Waals surface area contributed by atoms with Crippen LogP contribution in [-0.2, 0) is 9.59 Å². The summed E-state index contributed by atoms with van der Waals surface area (Å²) in [6.07, 6.45) is 11.4. The zero-order valence-electron chi connectivity index (χ0n) is 15.8. The summed E-state index contributed by atoms with van der Waals surface area (Å²) in [7, 11) is 0. The number of nitrogens with one attached hydrogen (secondary N) is 1. The highest BCUT2D eigenvalue weighted by Gasteiger charge is 2.37. The van der Waals surface area contributed by atoms with E-state index in [1.807, 2.05) is 20.8 Å². The van der Waals surface area contributed by atoms with Crippen LogP contribution in [0.25, 0.3) is 0 Å². The fraction of sp³-hybridized carbons (Fsp3) is 0.900. The molecule has 0 aromatic carbocycles. The van der Waals surface area contributed by atoms with E-state index >= 15 is 0 Å². The van der Waals surface area contributed by atoms with Gasteiger partial charge >= 0.3 is 0 Å². The Bertz CT molecular complexity index is 431. The monoisotopic (exact) mass is 336 g/mol. The van der Waals surface area contributed by atoms with E-state index in [0.717, 1.165) is 25.2 Å². The molecule has 0 aromatic heterocycles. The van der Waals surface area contributed by atoms with Crippen molar-refractivity contribution in [2.75, 3.05) is 0 Å². The number of nitrogens with two attached hydrogens (primary N) is 1. The smallest absolute Gasteiger partial charge is 0.224 e. The van der Waals surface area contributed by atoms with Gasteiger partial charge in [0.25, 0.3) is 0 Å². The van der Waals surface area contributed by atoms with E-state index in [4.69, 9.17) is 5.73 Å². The Labute approximate surface area is 147 Å². The van der Waals surface area contributed by atoms with Crippen molar-refractivity contribution < 1.29 is 9.59 Å². The summed E-state index contributed by atoms with van der Waals surface area (Å²) in [5, 5.41) is 3.09. The number of carbonyl (C=O) groups excluding carboxylic acids is 2. The fourth-order valence-electron chi connectivity index (χ4n) is 4.26. The normalized spacial score (nSPS) is 22.0. The third-order valence-electron chi connectivity index (χ3n) is 5.86. The molecule has 2 atom stereocenters. The molecule has 0 saturated heterocycles. The molecule has 24 heavy (non-hydrogen) atoms. The molecule has 0 heterocycles. The summed E-state index contributed by atoms with van der Waals surface area (Å²) in [5.74, 6) is 0.476. The number of primary amides is 1. The molecular formula is C20H36N2O2. The molecule has 2 fully saturated rings. The molecule has 2 aliphatic carbocycles. The Balaban J connectivity index is 2.03. The van der Waals surface area contributed by atoms with Gasteiger partial charge in [-0.3, -0.25) is 9.59 Å². The van der Waals surface area contributed by atoms with Crippen molar-refractivity contribution in [2.24, 2.45) is 29.4 Å². The van der Waals surface area contributed by atoms with Crippen LogP contribution in [0.2, 0.25) is 0 Å². The maximum atomic E-state index is 12.9. The maximum Gasteiger partial charge on any atom is 0.224 e. The lowest BCUT2D eigenvalue weighted by Crippen LogP contribution is -2.48. The van der Waals surface area contributed by atoms with Crippen molar-refractivity contribution in [3.8, 4) is 0 Å². The van der Waals surface area contributed by atoms with Crippen LogP contribution in [0.4, 0.5) is 0 Å². The molecule has 3 N–H and O–H groups in total. The highest BCUT2D eigenvalue weighted by atomic mass is 16.2. The summed E-state index contributed by atoms with van der Waals surface area (Å²) in [6.45, 7) is 5.97. The van der Waals surface area contributed by atoms with E-state index < -0.39 is 0 Å². The molecule has 138 valence electrons. The number of amides is 2. The SMILES string of the molecule is CC(C)(C)NC(=O)C(CC1CCC1)C(CCC1CCCC1)C(N)=O. The largest absolute Gasteiger partial charge is 0.369 e. The molecule has 2 unspecified atom stereocenters. The Hall–Kier alpha value is -1.06. The number of rotatable bonds is 8. The summed E-state index contributed by atoms with van der Waals surface area (Å²) >= 11 is 0. The van der Waals surface area contributed by atoms with Crippen LogP contribution < -0.4 is 11.1 Å². The van der Waals surface area contributed by atoms with E-state index in [-0.39, 0.29) is 29.2 Å². The van der Waals surface area contributed by atoms with Crippen LogP contribution >= 0.6 is 0 Å². The number of carbonyl (C=O) groups is 2. The van der Waals surface area contributed by atoms with Crippen molar-refractivity contribution in [1.29, 1.82) is 0 Å². The zero-order chi connectivity index (χ0) is 17.7. The summed E-state index contributed by atoms with van der Waals surface area (Å²) in [6, 6.07) is 0. The molecular weight excluding hydrogens is 300 g/mol. The van der Waals surface area contributed by atoms with Gasteiger partial charge in [0.05, 0.1) is 0 Å². The Morgan fingerprint density at radius 3 is 2.04 bits per heavy atom. The molecule has 0 radical (unpaired) electrons. The van der Waals surface area contributed by atoms with E-state index in [1.165, 1.54) is 44.9 Å². The first kappa shape index (κ1) is 19.3. The Morgan fingerprint density at radius 2 is 1.58 bits per heavy atom.